The molecule has 0 N–H and O–H groups in total. The zero-order valence-electron chi connectivity index (χ0n) is 12.1. The van der Waals surface area contributed by atoms with Crippen LogP contribution in [-0.4, -0.2) is 12.0 Å². The second-order valence-corrected chi connectivity index (χ2v) is 6.96. The number of hydrogen-bond acceptors (Lipinski definition) is 2. The molecule has 3 aromatic carbocycles. The number of rotatable bonds is 3. The number of Topliss-reactive ketones (excluding diaryl/α,β-unsaturated/α-hetero) is 1. The Kier molecular flexibility index (Phi) is 4.69. The van der Waals surface area contributed by atoms with Crippen molar-refractivity contribution in [2.45, 2.75) is 16.0 Å². The Morgan fingerprint density at radius 3 is 2.12 bits per heavy atom. The Bertz CT molecular complexity index is 907. The van der Waals surface area contributed by atoms with Crippen molar-refractivity contribution in [1.82, 2.24) is 0 Å². The van der Waals surface area contributed by atoms with Gasteiger partial charge in [-0.2, -0.15) is 13.2 Å². The summed E-state index contributed by atoms with van der Waals surface area (Å²) in [6.07, 6.45) is -4.92. The average Bonchev–Trinajstić information content (AvgIpc) is 2.57. The Hall–Kier alpha value is -1.79. The predicted octanol–water partition coefficient (Wildman–Crippen LogP) is 6.50. The van der Waals surface area contributed by atoms with E-state index in [1.165, 1.54) is 6.07 Å². The Morgan fingerprint density at radius 2 is 1.50 bits per heavy atom. The van der Waals surface area contributed by atoms with Crippen molar-refractivity contribution in [3.8, 4) is 0 Å². The highest BCUT2D eigenvalue weighted by Crippen LogP contribution is 2.41. The van der Waals surface area contributed by atoms with Crippen molar-refractivity contribution >= 4 is 44.2 Å². The van der Waals surface area contributed by atoms with Gasteiger partial charge in [0.15, 0.2) is 0 Å². The average molecular weight is 411 g/mol. The first kappa shape index (κ1) is 17.0. The summed E-state index contributed by atoms with van der Waals surface area (Å²) in [7, 11) is 0. The smallest absolute Gasteiger partial charge is 0.284 e. The normalized spacial score (nSPS) is 11.7. The fourth-order valence-corrected chi connectivity index (χ4v) is 4.00. The fraction of sp³-hybridized carbons (Fsp3) is 0.0556. The maximum absolute atomic E-state index is 13.0. The van der Waals surface area contributed by atoms with E-state index in [1.54, 1.807) is 48.5 Å². The van der Waals surface area contributed by atoms with E-state index in [-0.39, 0.29) is 5.56 Å². The van der Waals surface area contributed by atoms with Crippen molar-refractivity contribution in [1.29, 1.82) is 0 Å². The first-order valence-electron chi connectivity index (χ1n) is 6.93. The highest BCUT2D eigenvalue weighted by molar-refractivity contribution is 9.10. The van der Waals surface area contributed by atoms with Gasteiger partial charge in [0, 0.05) is 19.8 Å². The molecule has 0 saturated carbocycles. The molecular weight excluding hydrogens is 401 g/mol. The van der Waals surface area contributed by atoms with E-state index in [0.717, 1.165) is 22.0 Å². The van der Waals surface area contributed by atoms with E-state index < -0.39 is 12.0 Å². The minimum Gasteiger partial charge on any atom is -0.284 e. The second-order valence-electron chi connectivity index (χ2n) is 5.02. The molecule has 0 bridgehead atoms. The number of benzene rings is 3. The molecule has 122 valence electrons. The summed E-state index contributed by atoms with van der Waals surface area (Å²) in [6, 6.07) is 17.3. The van der Waals surface area contributed by atoms with E-state index in [9.17, 15) is 18.0 Å². The van der Waals surface area contributed by atoms with Crippen LogP contribution in [0.1, 0.15) is 10.4 Å². The lowest BCUT2D eigenvalue weighted by Crippen LogP contribution is -2.23. The summed E-state index contributed by atoms with van der Waals surface area (Å²) in [4.78, 5) is 13.0. The topological polar surface area (TPSA) is 17.1 Å². The molecule has 0 aromatic heterocycles. The van der Waals surface area contributed by atoms with Crippen molar-refractivity contribution in [2.75, 3.05) is 0 Å². The van der Waals surface area contributed by atoms with Gasteiger partial charge in [0.2, 0.25) is 0 Å². The van der Waals surface area contributed by atoms with Crippen LogP contribution in [0.15, 0.2) is 74.9 Å². The highest BCUT2D eigenvalue weighted by atomic mass is 79.9. The molecule has 0 amide bonds. The molecule has 0 aliphatic rings. The lowest BCUT2D eigenvalue weighted by molar-refractivity contribution is -0.0886. The Labute approximate surface area is 149 Å². The van der Waals surface area contributed by atoms with Gasteiger partial charge in [-0.3, -0.25) is 4.79 Å². The van der Waals surface area contributed by atoms with Crippen LogP contribution in [0.4, 0.5) is 13.2 Å². The number of carbonyl (C=O) groups excluding carboxylic acids is 1. The minimum absolute atomic E-state index is 0.308. The molecule has 0 radical (unpaired) electrons. The molecule has 0 heterocycles. The summed E-state index contributed by atoms with van der Waals surface area (Å²) in [6.45, 7) is 0. The summed E-state index contributed by atoms with van der Waals surface area (Å²) < 4.78 is 39.5. The molecule has 3 aromatic rings. The van der Waals surface area contributed by atoms with Crippen LogP contribution in [0.3, 0.4) is 0 Å². The van der Waals surface area contributed by atoms with Crippen LogP contribution in [0, 0.1) is 0 Å². The molecule has 0 aliphatic carbocycles. The Balaban J connectivity index is 2.26. The van der Waals surface area contributed by atoms with E-state index in [2.05, 4.69) is 15.9 Å². The SMILES string of the molecule is O=C(c1cc(Br)c2ccccc2c1Sc1ccccc1)C(F)(F)F. The van der Waals surface area contributed by atoms with Gasteiger partial charge in [-0.05, 0) is 29.0 Å². The van der Waals surface area contributed by atoms with Crippen molar-refractivity contribution in [3.63, 3.8) is 0 Å². The molecule has 3 rings (SSSR count). The lowest BCUT2D eigenvalue weighted by atomic mass is 10.0. The van der Waals surface area contributed by atoms with Gasteiger partial charge in [0.05, 0.1) is 0 Å². The van der Waals surface area contributed by atoms with Crippen LogP contribution in [0.5, 0.6) is 0 Å². The first-order valence-corrected chi connectivity index (χ1v) is 8.54. The van der Waals surface area contributed by atoms with Gasteiger partial charge in [0.25, 0.3) is 5.78 Å². The van der Waals surface area contributed by atoms with E-state index in [4.69, 9.17) is 0 Å². The first-order chi connectivity index (χ1) is 11.4. The third-order valence-electron chi connectivity index (χ3n) is 3.41. The maximum Gasteiger partial charge on any atom is 0.454 e. The van der Waals surface area contributed by atoms with Crippen molar-refractivity contribution < 1.29 is 18.0 Å². The standard InChI is InChI=1S/C18H10BrF3OS/c19-15-10-14(17(23)18(20,21)22)16(13-9-5-4-8-12(13)15)24-11-6-2-1-3-7-11/h1-10H. The summed E-state index contributed by atoms with van der Waals surface area (Å²) in [5.41, 5.74) is -0.345. The van der Waals surface area contributed by atoms with E-state index >= 15 is 0 Å². The van der Waals surface area contributed by atoms with Crippen LogP contribution < -0.4 is 0 Å². The number of carbonyl (C=O) groups is 1. The highest BCUT2D eigenvalue weighted by Gasteiger charge is 2.41. The lowest BCUT2D eigenvalue weighted by Gasteiger charge is -2.15. The summed E-state index contributed by atoms with van der Waals surface area (Å²) >= 11 is 4.43. The largest absolute Gasteiger partial charge is 0.454 e. The van der Waals surface area contributed by atoms with Crippen molar-refractivity contribution in [3.05, 3.63) is 70.7 Å². The number of hydrogen-bond donors (Lipinski definition) is 0. The number of alkyl halides is 3. The van der Waals surface area contributed by atoms with Crippen LogP contribution in [-0.2, 0) is 0 Å². The maximum atomic E-state index is 13.0. The fourth-order valence-electron chi connectivity index (χ4n) is 2.34. The molecule has 0 fully saturated rings. The number of fused-ring (bicyclic) bond motifs is 1. The van der Waals surface area contributed by atoms with Gasteiger partial charge in [-0.25, -0.2) is 0 Å². The number of ketones is 1. The monoisotopic (exact) mass is 410 g/mol. The second kappa shape index (κ2) is 6.61. The van der Waals surface area contributed by atoms with E-state index in [1.807, 2.05) is 6.07 Å². The molecule has 0 spiro atoms. The molecule has 1 nitrogen and oxygen atoms in total. The van der Waals surface area contributed by atoms with E-state index in [0.29, 0.717) is 14.8 Å². The zero-order valence-corrected chi connectivity index (χ0v) is 14.5. The van der Waals surface area contributed by atoms with Gasteiger partial charge in [0.1, 0.15) is 0 Å². The molecule has 0 atom stereocenters. The third-order valence-corrected chi connectivity index (χ3v) is 5.22. The van der Waals surface area contributed by atoms with Crippen LogP contribution >= 0.6 is 27.7 Å². The van der Waals surface area contributed by atoms with Gasteiger partial charge in [-0.1, -0.05) is 70.2 Å². The third kappa shape index (κ3) is 3.35. The minimum atomic E-state index is -4.92. The van der Waals surface area contributed by atoms with Gasteiger partial charge >= 0.3 is 6.18 Å². The quantitative estimate of drug-likeness (QED) is 0.458. The van der Waals surface area contributed by atoms with Gasteiger partial charge in [-0.15, -0.1) is 0 Å². The molecule has 24 heavy (non-hydrogen) atoms. The molecular formula is C18H10BrF3OS. The molecule has 0 aliphatic heterocycles. The number of halogens is 4. The summed E-state index contributed by atoms with van der Waals surface area (Å²) in [5, 5.41) is 1.36. The van der Waals surface area contributed by atoms with Gasteiger partial charge < -0.3 is 0 Å². The molecule has 6 heteroatoms. The molecule has 0 saturated heterocycles. The van der Waals surface area contributed by atoms with Crippen LogP contribution in [0.25, 0.3) is 10.8 Å². The molecule has 0 unspecified atom stereocenters. The van der Waals surface area contributed by atoms with Crippen LogP contribution in [0.2, 0.25) is 0 Å². The summed E-state index contributed by atoms with van der Waals surface area (Å²) in [5.74, 6) is -1.84. The zero-order chi connectivity index (χ0) is 17.3. The van der Waals surface area contributed by atoms with Crippen molar-refractivity contribution in [2.24, 2.45) is 0 Å². The predicted molar refractivity (Wildman–Crippen MR) is 92.6 cm³/mol. The Morgan fingerprint density at radius 1 is 0.917 bits per heavy atom.